The van der Waals surface area contributed by atoms with E-state index in [1.54, 1.807) is 0 Å². The summed E-state index contributed by atoms with van der Waals surface area (Å²) >= 11 is 0. The molecule has 2 nitrogen and oxygen atoms in total. The van der Waals surface area contributed by atoms with Gasteiger partial charge in [0.15, 0.2) is 0 Å². The van der Waals surface area contributed by atoms with E-state index in [-0.39, 0.29) is 0 Å². The van der Waals surface area contributed by atoms with Crippen LogP contribution in [0.3, 0.4) is 0 Å². The first kappa shape index (κ1) is 10.1. The standard InChI is InChI=1S/C11H17NO/c1-3-9(7-12)10-5-4-8(2)11(13)6-10/h4-6,9,13H,3,7,12H2,1-2H3. The highest BCUT2D eigenvalue weighted by Gasteiger charge is 2.08. The van der Waals surface area contributed by atoms with Gasteiger partial charge in [-0.2, -0.15) is 0 Å². The Kier molecular flexibility index (Phi) is 3.32. The summed E-state index contributed by atoms with van der Waals surface area (Å²) in [6.07, 6.45) is 1.01. The molecule has 2 heteroatoms. The Morgan fingerprint density at radius 2 is 2.15 bits per heavy atom. The minimum absolute atomic E-state index is 0.365. The van der Waals surface area contributed by atoms with E-state index in [0.717, 1.165) is 17.5 Å². The molecule has 0 saturated carbocycles. The molecule has 0 aliphatic heterocycles. The molecule has 0 heterocycles. The van der Waals surface area contributed by atoms with E-state index in [9.17, 15) is 5.11 Å². The van der Waals surface area contributed by atoms with Crippen molar-refractivity contribution in [2.75, 3.05) is 6.54 Å². The predicted molar refractivity (Wildman–Crippen MR) is 54.9 cm³/mol. The molecule has 0 aliphatic carbocycles. The molecule has 0 bridgehead atoms. The maximum Gasteiger partial charge on any atom is 0.118 e. The van der Waals surface area contributed by atoms with Crippen LogP contribution in [0.4, 0.5) is 0 Å². The topological polar surface area (TPSA) is 46.2 Å². The van der Waals surface area contributed by atoms with Crippen molar-refractivity contribution in [3.63, 3.8) is 0 Å². The van der Waals surface area contributed by atoms with Crippen molar-refractivity contribution in [2.45, 2.75) is 26.2 Å². The minimum atomic E-state index is 0.365. The van der Waals surface area contributed by atoms with E-state index >= 15 is 0 Å². The summed E-state index contributed by atoms with van der Waals surface area (Å²) in [5, 5.41) is 9.50. The third-order valence-corrected chi connectivity index (χ3v) is 2.48. The lowest BCUT2D eigenvalue weighted by atomic mass is 9.95. The van der Waals surface area contributed by atoms with Crippen LogP contribution in [0.1, 0.15) is 30.4 Å². The summed E-state index contributed by atoms with van der Waals surface area (Å²) in [4.78, 5) is 0. The number of hydrogen-bond donors (Lipinski definition) is 2. The molecule has 0 fully saturated rings. The van der Waals surface area contributed by atoms with Crippen molar-refractivity contribution < 1.29 is 5.11 Å². The first-order valence-electron chi connectivity index (χ1n) is 4.68. The lowest BCUT2D eigenvalue weighted by Gasteiger charge is -2.13. The second-order valence-electron chi connectivity index (χ2n) is 3.39. The van der Waals surface area contributed by atoms with Gasteiger partial charge >= 0.3 is 0 Å². The van der Waals surface area contributed by atoms with Gasteiger partial charge in [-0.3, -0.25) is 0 Å². The molecule has 0 spiro atoms. The molecule has 1 rings (SSSR count). The maximum atomic E-state index is 9.50. The van der Waals surface area contributed by atoms with Crippen LogP contribution in [0.25, 0.3) is 0 Å². The van der Waals surface area contributed by atoms with Crippen molar-refractivity contribution in [3.8, 4) is 5.75 Å². The molecule has 1 aromatic carbocycles. The summed E-state index contributed by atoms with van der Waals surface area (Å²) in [6, 6.07) is 5.79. The zero-order valence-electron chi connectivity index (χ0n) is 8.25. The molecular formula is C11H17NO. The number of hydrogen-bond acceptors (Lipinski definition) is 2. The second kappa shape index (κ2) is 4.28. The van der Waals surface area contributed by atoms with Crippen LogP contribution in [-0.2, 0) is 0 Å². The molecule has 72 valence electrons. The van der Waals surface area contributed by atoms with Gasteiger partial charge in [-0.25, -0.2) is 0 Å². The monoisotopic (exact) mass is 179 g/mol. The average molecular weight is 179 g/mol. The number of rotatable bonds is 3. The molecule has 0 radical (unpaired) electrons. The van der Waals surface area contributed by atoms with Gasteiger partial charge in [0.25, 0.3) is 0 Å². The van der Waals surface area contributed by atoms with E-state index in [1.165, 1.54) is 0 Å². The van der Waals surface area contributed by atoms with Gasteiger partial charge in [0, 0.05) is 0 Å². The van der Waals surface area contributed by atoms with Crippen LogP contribution >= 0.6 is 0 Å². The molecule has 3 N–H and O–H groups in total. The van der Waals surface area contributed by atoms with Gasteiger partial charge in [-0.05, 0) is 43.0 Å². The normalized spacial score (nSPS) is 12.8. The van der Waals surface area contributed by atoms with Crippen LogP contribution in [0.15, 0.2) is 18.2 Å². The van der Waals surface area contributed by atoms with Crippen LogP contribution in [0.2, 0.25) is 0 Å². The molecule has 13 heavy (non-hydrogen) atoms. The molecular weight excluding hydrogens is 162 g/mol. The number of benzene rings is 1. The van der Waals surface area contributed by atoms with Gasteiger partial charge < -0.3 is 10.8 Å². The smallest absolute Gasteiger partial charge is 0.118 e. The quantitative estimate of drug-likeness (QED) is 0.746. The minimum Gasteiger partial charge on any atom is -0.508 e. The summed E-state index contributed by atoms with van der Waals surface area (Å²) in [6.45, 7) is 4.63. The Bertz CT molecular complexity index is 279. The maximum absolute atomic E-state index is 9.50. The summed E-state index contributed by atoms with van der Waals surface area (Å²) in [5.41, 5.74) is 7.67. The fourth-order valence-corrected chi connectivity index (χ4v) is 1.42. The molecule has 0 amide bonds. The van der Waals surface area contributed by atoms with Crippen molar-refractivity contribution in [1.29, 1.82) is 0 Å². The highest BCUT2D eigenvalue weighted by atomic mass is 16.3. The van der Waals surface area contributed by atoms with Crippen molar-refractivity contribution in [3.05, 3.63) is 29.3 Å². The highest BCUT2D eigenvalue weighted by Crippen LogP contribution is 2.24. The van der Waals surface area contributed by atoms with E-state index in [1.807, 2.05) is 25.1 Å². The fraction of sp³-hybridized carbons (Fsp3) is 0.455. The van der Waals surface area contributed by atoms with Crippen LogP contribution in [-0.4, -0.2) is 11.7 Å². The Balaban J connectivity index is 2.95. The molecule has 0 saturated heterocycles. The van der Waals surface area contributed by atoms with Gasteiger partial charge in [-0.15, -0.1) is 0 Å². The van der Waals surface area contributed by atoms with Crippen molar-refractivity contribution in [2.24, 2.45) is 5.73 Å². The number of phenols is 1. The summed E-state index contributed by atoms with van der Waals surface area (Å²) < 4.78 is 0. The van der Waals surface area contributed by atoms with E-state index in [0.29, 0.717) is 18.2 Å². The molecule has 1 unspecified atom stereocenters. The van der Waals surface area contributed by atoms with E-state index in [2.05, 4.69) is 6.92 Å². The Morgan fingerprint density at radius 3 is 2.62 bits per heavy atom. The van der Waals surface area contributed by atoms with Crippen molar-refractivity contribution in [1.82, 2.24) is 0 Å². The first-order valence-corrected chi connectivity index (χ1v) is 4.68. The van der Waals surface area contributed by atoms with Crippen LogP contribution in [0, 0.1) is 6.92 Å². The molecule has 1 atom stereocenters. The lowest BCUT2D eigenvalue weighted by Crippen LogP contribution is -2.11. The van der Waals surface area contributed by atoms with E-state index < -0.39 is 0 Å². The highest BCUT2D eigenvalue weighted by molar-refractivity contribution is 5.36. The predicted octanol–water partition coefficient (Wildman–Crippen LogP) is 2.15. The number of phenolic OH excluding ortho intramolecular Hbond substituents is 1. The number of aromatic hydroxyl groups is 1. The van der Waals surface area contributed by atoms with Gasteiger partial charge in [0.2, 0.25) is 0 Å². The Labute approximate surface area is 79.4 Å². The fourth-order valence-electron chi connectivity index (χ4n) is 1.42. The van der Waals surface area contributed by atoms with Crippen LogP contribution < -0.4 is 5.73 Å². The Hall–Kier alpha value is -1.02. The van der Waals surface area contributed by atoms with Gasteiger partial charge in [0.1, 0.15) is 5.75 Å². The lowest BCUT2D eigenvalue weighted by molar-refractivity contribution is 0.469. The summed E-state index contributed by atoms with van der Waals surface area (Å²) in [7, 11) is 0. The average Bonchev–Trinajstić information content (AvgIpc) is 2.13. The third kappa shape index (κ3) is 2.22. The molecule has 0 aliphatic rings. The largest absolute Gasteiger partial charge is 0.508 e. The molecule has 0 aromatic heterocycles. The van der Waals surface area contributed by atoms with Crippen LogP contribution in [0.5, 0.6) is 5.75 Å². The molecule has 1 aromatic rings. The number of aryl methyl sites for hydroxylation is 1. The van der Waals surface area contributed by atoms with E-state index in [4.69, 9.17) is 5.73 Å². The Morgan fingerprint density at radius 1 is 1.46 bits per heavy atom. The van der Waals surface area contributed by atoms with Crippen molar-refractivity contribution >= 4 is 0 Å². The van der Waals surface area contributed by atoms with Gasteiger partial charge in [0.05, 0.1) is 0 Å². The zero-order valence-corrected chi connectivity index (χ0v) is 8.25. The number of nitrogens with two attached hydrogens (primary N) is 1. The zero-order chi connectivity index (χ0) is 9.84. The third-order valence-electron chi connectivity index (χ3n) is 2.48. The SMILES string of the molecule is CCC(CN)c1ccc(C)c(O)c1. The first-order chi connectivity index (χ1) is 6.19. The summed E-state index contributed by atoms with van der Waals surface area (Å²) in [5.74, 6) is 0.732. The second-order valence-corrected chi connectivity index (χ2v) is 3.39. The van der Waals surface area contributed by atoms with Gasteiger partial charge in [-0.1, -0.05) is 19.1 Å².